The molecule has 16 nitrogen and oxygen atoms in total. The number of carbonyl (C=O) groups excluding carboxylic acids is 2. The molecule has 0 aliphatic carbocycles. The Labute approximate surface area is 200 Å². The van der Waals surface area contributed by atoms with E-state index in [1.165, 1.54) is 0 Å². The zero-order valence-electron chi connectivity index (χ0n) is 19.4. The summed E-state index contributed by atoms with van der Waals surface area (Å²) in [5.74, 6) is -0.873. The van der Waals surface area contributed by atoms with Crippen molar-refractivity contribution in [1.29, 1.82) is 0 Å². The minimum atomic E-state index is -1.80. The van der Waals surface area contributed by atoms with Crippen LogP contribution in [-0.2, 0) is 28.6 Å². The summed E-state index contributed by atoms with van der Waals surface area (Å²) in [6, 6.07) is 0. The van der Waals surface area contributed by atoms with Crippen LogP contribution in [0.5, 0.6) is 0 Å². The highest BCUT2D eigenvalue weighted by Crippen LogP contribution is 2.28. The van der Waals surface area contributed by atoms with Gasteiger partial charge in [0, 0.05) is 0 Å². The molecule has 2 fully saturated rings. The van der Waals surface area contributed by atoms with E-state index in [1.807, 2.05) is 5.48 Å². The molecular formula is C19H34N2O14. The fourth-order valence-electron chi connectivity index (χ4n) is 3.37. The minimum absolute atomic E-state index is 0.712. The van der Waals surface area contributed by atoms with Crippen LogP contribution in [0.25, 0.3) is 0 Å². The van der Waals surface area contributed by atoms with Crippen molar-refractivity contribution in [3.63, 3.8) is 0 Å². The molecule has 10 atom stereocenters. The predicted molar refractivity (Wildman–Crippen MR) is 110 cm³/mol. The lowest BCUT2D eigenvalue weighted by Gasteiger charge is -2.46. The van der Waals surface area contributed by atoms with E-state index >= 15 is 0 Å². The average Bonchev–Trinajstić information content (AvgIpc) is 2.77. The highest BCUT2D eigenvalue weighted by molar-refractivity contribution is 5.77. The number of ether oxygens (including phenoxy) is 4. The first-order valence-corrected chi connectivity index (χ1v) is 10.8. The molecule has 204 valence electrons. The maximum Gasteiger partial charge on any atom is 0.431 e. The third kappa shape index (κ3) is 7.89. The lowest BCUT2D eigenvalue weighted by molar-refractivity contribution is -0.343. The van der Waals surface area contributed by atoms with Crippen molar-refractivity contribution < 1.29 is 69.1 Å². The normalized spacial score (nSPS) is 38.0. The Hall–Kier alpha value is -1.70. The summed E-state index contributed by atoms with van der Waals surface area (Å²) in [6.07, 6.45) is -17.1. The van der Waals surface area contributed by atoms with Crippen LogP contribution < -0.4 is 10.8 Å². The van der Waals surface area contributed by atoms with E-state index in [4.69, 9.17) is 23.8 Å². The molecular weight excluding hydrogens is 480 g/mol. The number of nitrogens with one attached hydrogen (secondary N) is 2. The van der Waals surface area contributed by atoms with Gasteiger partial charge in [0.2, 0.25) is 0 Å². The monoisotopic (exact) mass is 514 g/mol. The van der Waals surface area contributed by atoms with E-state index in [1.54, 1.807) is 20.8 Å². The number of rotatable bonds is 8. The number of carbonyl (C=O) groups is 2. The Morgan fingerprint density at radius 3 is 2.06 bits per heavy atom. The standard InChI is InChI=1S/C19H34N2O14/c1-19(2,3)35-18(30)21-31-6-9(24)20-16-13(28)12(27)15(8(5-23)32-16)34-17-14(29)11(26)10(25)7(4-22)33-17/h7-8,10-17,22-23,25-29H,4-6H2,1-3H3,(H,20,24)(H,21,30)/t7?,8?,10-,11?,12?,13?,14-,15+,16+,17-/m0/s1. The first-order valence-electron chi connectivity index (χ1n) is 10.8. The van der Waals surface area contributed by atoms with Gasteiger partial charge in [0.25, 0.3) is 5.91 Å². The van der Waals surface area contributed by atoms with Gasteiger partial charge >= 0.3 is 6.09 Å². The zero-order chi connectivity index (χ0) is 26.5. The van der Waals surface area contributed by atoms with Crippen LogP contribution in [-0.4, -0.2) is 135 Å². The first kappa shape index (κ1) is 29.5. The molecule has 0 aromatic carbocycles. The second kappa shape index (κ2) is 12.5. The summed E-state index contributed by atoms with van der Waals surface area (Å²) in [5, 5.41) is 71.9. The van der Waals surface area contributed by atoms with Gasteiger partial charge in [-0.3, -0.25) is 9.63 Å². The molecule has 2 aliphatic rings. The smallest absolute Gasteiger partial charge is 0.431 e. The number of aliphatic hydroxyl groups is 7. The van der Waals surface area contributed by atoms with Gasteiger partial charge in [-0.15, -0.1) is 0 Å². The molecule has 16 heteroatoms. The Balaban J connectivity index is 1.93. The van der Waals surface area contributed by atoms with Gasteiger partial charge in [-0.2, -0.15) is 5.48 Å². The van der Waals surface area contributed by atoms with Gasteiger partial charge < -0.3 is 60.0 Å². The minimum Gasteiger partial charge on any atom is -0.442 e. The third-order valence-corrected chi connectivity index (χ3v) is 5.07. The third-order valence-electron chi connectivity index (χ3n) is 5.07. The number of hydrogen-bond donors (Lipinski definition) is 9. The molecule has 2 rings (SSSR count). The Kier molecular flexibility index (Phi) is 10.6. The summed E-state index contributed by atoms with van der Waals surface area (Å²) in [7, 11) is 0. The van der Waals surface area contributed by atoms with Crippen molar-refractivity contribution in [3.05, 3.63) is 0 Å². The zero-order valence-corrected chi connectivity index (χ0v) is 19.4. The van der Waals surface area contributed by atoms with E-state index in [2.05, 4.69) is 5.32 Å². The quantitative estimate of drug-likeness (QED) is 0.138. The molecule has 0 saturated carbocycles. The largest absolute Gasteiger partial charge is 0.442 e. The molecule has 0 radical (unpaired) electrons. The summed E-state index contributed by atoms with van der Waals surface area (Å²) >= 11 is 0. The van der Waals surface area contributed by atoms with Crippen LogP contribution in [0.2, 0.25) is 0 Å². The van der Waals surface area contributed by atoms with Crippen LogP contribution in [0.15, 0.2) is 0 Å². The summed E-state index contributed by atoms with van der Waals surface area (Å²) in [6.45, 7) is 2.67. The SMILES string of the molecule is CC(C)(C)OC(=O)NOCC(=O)N[C@@H]1OC(CO)[C@@H](O[C@@H]2OC(CO)[C@H](O)C(O)[C@@H]2O)C(O)C1O. The molecule has 5 unspecified atom stereocenters. The molecule has 0 aromatic rings. The molecule has 2 amide bonds. The Bertz CT molecular complexity index is 702. The number of hydroxylamine groups is 1. The molecule has 9 N–H and O–H groups in total. The van der Waals surface area contributed by atoms with Crippen LogP contribution in [0, 0.1) is 0 Å². The van der Waals surface area contributed by atoms with Crippen molar-refractivity contribution in [2.75, 3.05) is 19.8 Å². The number of amides is 2. The second-order valence-corrected chi connectivity index (χ2v) is 9.02. The van der Waals surface area contributed by atoms with Crippen molar-refractivity contribution in [2.24, 2.45) is 0 Å². The highest BCUT2D eigenvalue weighted by Gasteiger charge is 2.50. The fourth-order valence-corrected chi connectivity index (χ4v) is 3.37. The van der Waals surface area contributed by atoms with Crippen LogP contribution >= 0.6 is 0 Å². The predicted octanol–water partition coefficient (Wildman–Crippen LogP) is -4.82. The van der Waals surface area contributed by atoms with E-state index in [0.29, 0.717) is 0 Å². The molecule has 0 bridgehead atoms. The molecule has 35 heavy (non-hydrogen) atoms. The van der Waals surface area contributed by atoms with Gasteiger partial charge in [-0.05, 0) is 20.8 Å². The van der Waals surface area contributed by atoms with E-state index in [0.717, 1.165) is 0 Å². The molecule has 2 aliphatic heterocycles. The van der Waals surface area contributed by atoms with Gasteiger partial charge in [-0.25, -0.2) is 4.79 Å². The molecule has 2 saturated heterocycles. The lowest BCUT2D eigenvalue weighted by atomic mass is 9.96. The number of aliphatic hydroxyl groups excluding tert-OH is 7. The molecule has 2 heterocycles. The Morgan fingerprint density at radius 2 is 1.49 bits per heavy atom. The van der Waals surface area contributed by atoms with Crippen molar-refractivity contribution in [2.45, 2.75) is 87.7 Å². The maximum absolute atomic E-state index is 12.1. The van der Waals surface area contributed by atoms with Crippen molar-refractivity contribution >= 4 is 12.0 Å². The highest BCUT2D eigenvalue weighted by atomic mass is 16.7. The van der Waals surface area contributed by atoms with Gasteiger partial charge in [0.15, 0.2) is 19.1 Å². The van der Waals surface area contributed by atoms with Gasteiger partial charge in [0.1, 0.15) is 54.4 Å². The van der Waals surface area contributed by atoms with Gasteiger partial charge in [0.05, 0.1) is 13.2 Å². The molecule has 0 spiro atoms. The Morgan fingerprint density at radius 1 is 0.857 bits per heavy atom. The van der Waals surface area contributed by atoms with E-state index < -0.39 is 98.8 Å². The van der Waals surface area contributed by atoms with E-state index in [-0.39, 0.29) is 0 Å². The number of hydrogen-bond acceptors (Lipinski definition) is 14. The summed E-state index contributed by atoms with van der Waals surface area (Å²) in [5.41, 5.74) is 1.10. The summed E-state index contributed by atoms with van der Waals surface area (Å²) in [4.78, 5) is 28.3. The van der Waals surface area contributed by atoms with Crippen LogP contribution in [0.1, 0.15) is 20.8 Å². The first-order chi connectivity index (χ1) is 16.3. The van der Waals surface area contributed by atoms with Crippen molar-refractivity contribution in [3.8, 4) is 0 Å². The van der Waals surface area contributed by atoms with Crippen LogP contribution in [0.4, 0.5) is 4.79 Å². The topological polar surface area (TPSA) is 246 Å². The average molecular weight is 514 g/mol. The maximum atomic E-state index is 12.1. The van der Waals surface area contributed by atoms with Gasteiger partial charge in [-0.1, -0.05) is 0 Å². The van der Waals surface area contributed by atoms with E-state index in [9.17, 15) is 45.3 Å². The van der Waals surface area contributed by atoms with Crippen LogP contribution in [0.3, 0.4) is 0 Å². The second-order valence-electron chi connectivity index (χ2n) is 9.02. The fraction of sp³-hybridized carbons (Fsp3) is 0.895. The lowest BCUT2D eigenvalue weighted by Crippen LogP contribution is -2.66. The van der Waals surface area contributed by atoms with Crippen molar-refractivity contribution in [1.82, 2.24) is 10.8 Å². The summed E-state index contributed by atoms with van der Waals surface area (Å²) < 4.78 is 20.9. The molecule has 0 aromatic heterocycles.